The van der Waals surface area contributed by atoms with E-state index in [1.165, 1.54) is 5.56 Å². The minimum atomic E-state index is -0.589. The van der Waals surface area contributed by atoms with E-state index in [0.717, 1.165) is 38.8 Å². The molecule has 13 rings (SSSR count). The normalized spacial score (nSPS) is 13.7. The van der Waals surface area contributed by atoms with E-state index in [1.54, 1.807) is 27.3 Å². The maximum atomic E-state index is 9.21. The molecule has 13 aromatic rings. The number of hydrogen-bond donors (Lipinski definition) is 0. The topological polar surface area (TPSA) is 49.0 Å². The molecule has 0 bridgehead atoms. The van der Waals surface area contributed by atoms with Crippen molar-refractivity contribution in [3.63, 3.8) is 0 Å². The summed E-state index contributed by atoms with van der Waals surface area (Å²) in [5.41, 5.74) is 9.51. The fourth-order valence-corrected chi connectivity index (χ4v) is 10.1. The van der Waals surface area contributed by atoms with Gasteiger partial charge >= 0.3 is 0 Å². The number of ether oxygens (including phenoxy) is 1. The number of imidazole rings is 2. The third-order valence-corrected chi connectivity index (χ3v) is 13.9. The average molecular weight is 1190 g/mol. The first kappa shape index (κ1) is 38.9. The van der Waals surface area contributed by atoms with Gasteiger partial charge in [0.05, 0.1) is 47.3 Å². The Morgan fingerprint density at radius 3 is 1.91 bits per heavy atom. The Kier molecular flexibility index (Phi) is 9.87. The van der Waals surface area contributed by atoms with Crippen molar-refractivity contribution in [3.8, 4) is 73.3 Å². The fourth-order valence-electron chi connectivity index (χ4n) is 10.1. The van der Waals surface area contributed by atoms with Gasteiger partial charge in [0, 0.05) is 54.8 Å². The quantitative estimate of drug-likeness (QED) is 0.107. The third kappa shape index (κ3) is 8.97. The minimum Gasteiger partial charge on any atom is -0.519 e. The van der Waals surface area contributed by atoms with Crippen LogP contribution in [0, 0.1) is 18.5 Å². The molecule has 0 spiro atoms. The summed E-state index contributed by atoms with van der Waals surface area (Å²) in [6.45, 7) is 13.1. The molecule has 378 valence electrons. The second-order valence-corrected chi connectivity index (χ2v) is 20.9. The first-order valence-corrected chi connectivity index (χ1v) is 25.1. The van der Waals surface area contributed by atoms with Crippen LogP contribution in [-0.2, 0) is 31.9 Å². The molecule has 0 aliphatic carbocycles. The largest absolute Gasteiger partial charge is 0.519 e. The van der Waals surface area contributed by atoms with Crippen LogP contribution < -0.4 is 9.30 Å². The zero-order chi connectivity index (χ0) is 60.4. The van der Waals surface area contributed by atoms with Gasteiger partial charge in [0.2, 0.25) is 0 Å². The van der Waals surface area contributed by atoms with Gasteiger partial charge in [0.1, 0.15) is 5.58 Å². The van der Waals surface area contributed by atoms with Crippen molar-refractivity contribution in [2.75, 3.05) is 0 Å². The molecule has 77 heavy (non-hydrogen) atoms. The van der Waals surface area contributed by atoms with E-state index in [9.17, 15) is 5.48 Å². The predicted molar refractivity (Wildman–Crippen MR) is 309 cm³/mol. The molecular weight excluding hydrogens is 1120 g/mol. The van der Waals surface area contributed by atoms with Crippen molar-refractivity contribution in [3.05, 3.63) is 248 Å². The van der Waals surface area contributed by atoms with Crippen LogP contribution >= 0.6 is 0 Å². The van der Waals surface area contributed by atoms with Crippen molar-refractivity contribution < 1.29 is 48.5 Å². The summed E-state index contributed by atoms with van der Waals surface area (Å²) < 4.78 is 108. The molecule has 0 radical (unpaired) electrons. The van der Waals surface area contributed by atoms with E-state index in [2.05, 4.69) is 119 Å². The van der Waals surface area contributed by atoms with Crippen LogP contribution in [0.3, 0.4) is 0 Å². The van der Waals surface area contributed by atoms with Gasteiger partial charge in [0.25, 0.3) is 6.33 Å². The molecule has 0 fully saturated rings. The van der Waals surface area contributed by atoms with Crippen LogP contribution in [0.2, 0.25) is 0 Å². The van der Waals surface area contributed by atoms with Gasteiger partial charge < -0.3 is 18.3 Å². The third-order valence-electron chi connectivity index (χ3n) is 13.9. The summed E-state index contributed by atoms with van der Waals surface area (Å²) >= 11 is 0. The molecule has 3 aromatic heterocycles. The summed E-state index contributed by atoms with van der Waals surface area (Å²) in [6, 6.07) is 52.6. The minimum absolute atomic E-state index is 0. The van der Waals surface area contributed by atoms with E-state index >= 15 is 0 Å². The van der Waals surface area contributed by atoms with Crippen molar-refractivity contribution in [2.45, 2.75) is 52.4 Å². The van der Waals surface area contributed by atoms with E-state index in [0.29, 0.717) is 56.2 Å². The van der Waals surface area contributed by atoms with E-state index in [-0.39, 0.29) is 59.8 Å². The second-order valence-electron chi connectivity index (χ2n) is 20.9. The Morgan fingerprint density at radius 1 is 0.558 bits per heavy atom. The Balaban J connectivity index is 0.00000739. The standard InChI is InChI=1S/C70H54N4O2.Pt/c1-69(2,3)50-37-38-60(57(42-50)48-27-14-9-15-28-48)74-61-33-18-17-32-59(61)71-68(74)49-39-51(70(4,5)6)41-52(40-49)75-53-43-58-56-29-16-21-36-65(56)76-67(58)64(44-53)72-45-73(63-35-20-19-34-62(63)72)66-54(46-23-10-7-11-24-46)30-22-31-55(66)47-25-12-8-13-26-47;/h7-39,41-43H,1-6H3;/q-2;/i7D,8D,10D,11D,12D,13D,23D,24D,25D,26D;. The molecule has 7 heteroatoms. The fraction of sp³-hybridized carbons (Fsp3) is 0.114. The van der Waals surface area contributed by atoms with E-state index in [4.69, 9.17) is 22.4 Å². The smallest absolute Gasteiger partial charge is 0.268 e. The molecule has 0 N–H and O–H groups in total. The number of rotatable bonds is 9. The van der Waals surface area contributed by atoms with E-state index < -0.39 is 60.4 Å². The Bertz CT molecular complexity index is 4820. The molecule has 0 aliphatic heterocycles. The Labute approximate surface area is 477 Å². The number of aromatic nitrogens is 4. The summed E-state index contributed by atoms with van der Waals surface area (Å²) in [7, 11) is 0. The van der Waals surface area contributed by atoms with Crippen molar-refractivity contribution >= 4 is 44.0 Å². The van der Waals surface area contributed by atoms with Gasteiger partial charge in [-0.1, -0.05) is 229 Å². The zero-order valence-corrected chi connectivity index (χ0v) is 45.2. The van der Waals surface area contributed by atoms with Crippen molar-refractivity contribution in [1.29, 1.82) is 0 Å². The van der Waals surface area contributed by atoms with Crippen LogP contribution in [0.1, 0.15) is 66.4 Å². The SMILES string of the molecule is [2H]c1c([2H])c([2H])c(-c2cccc(-c3c([2H])c([2H])c([2H])c([2H])c3[2H])c2-[n+]2[c-]n(-c3[c-]c(Oc4[c-]c(-c5nc6ccccc6n5-c5ccc(C(C)(C)C)cc5-c5ccccc5)cc(C(C)(C)C)c4)cc4c3oc3ccccc34)c3ccccc32)c([2H])c1[2H].[Pt]. The molecule has 0 aliphatic rings. The van der Waals surface area contributed by atoms with Crippen LogP contribution in [-0.4, -0.2) is 14.1 Å². The molecular formula is C70H54N4O2Pt-2. The van der Waals surface area contributed by atoms with Gasteiger partial charge in [-0.2, -0.15) is 0 Å². The summed E-state index contributed by atoms with van der Waals surface area (Å²) in [4.78, 5) is 5.36. The van der Waals surface area contributed by atoms with Gasteiger partial charge in [-0.15, -0.1) is 29.3 Å². The number of nitrogens with zero attached hydrogens (tertiary/aromatic N) is 4. The van der Waals surface area contributed by atoms with Crippen LogP contribution in [0.5, 0.6) is 11.5 Å². The van der Waals surface area contributed by atoms with Crippen LogP contribution in [0.4, 0.5) is 0 Å². The molecule has 10 aromatic carbocycles. The van der Waals surface area contributed by atoms with E-state index in [1.807, 2.05) is 84.9 Å². The first-order chi connectivity index (χ1) is 41.1. The first-order valence-electron chi connectivity index (χ1n) is 30.1. The second kappa shape index (κ2) is 19.5. The maximum absolute atomic E-state index is 9.21. The molecule has 3 heterocycles. The molecule has 0 saturated heterocycles. The monoisotopic (exact) mass is 1190 g/mol. The summed E-state index contributed by atoms with van der Waals surface area (Å²) in [6.07, 6.45) is 3.51. The number of hydrogen-bond acceptors (Lipinski definition) is 3. The van der Waals surface area contributed by atoms with Gasteiger partial charge in [-0.25, -0.2) is 0 Å². The number of fused-ring (bicyclic) bond motifs is 5. The molecule has 0 amide bonds. The predicted octanol–water partition coefficient (Wildman–Crippen LogP) is 17.6. The Hall–Kier alpha value is -8.57. The summed E-state index contributed by atoms with van der Waals surface area (Å²) in [5, 5.41) is 1.47. The maximum Gasteiger partial charge on any atom is 0.268 e. The van der Waals surface area contributed by atoms with Crippen molar-refractivity contribution in [1.82, 2.24) is 14.1 Å². The van der Waals surface area contributed by atoms with Crippen molar-refractivity contribution in [2.24, 2.45) is 0 Å². The zero-order valence-electron chi connectivity index (χ0n) is 52.9. The molecule has 0 saturated carbocycles. The van der Waals surface area contributed by atoms with Gasteiger partial charge in [-0.05, 0) is 80.2 Å². The van der Waals surface area contributed by atoms with Gasteiger partial charge in [-0.3, -0.25) is 9.55 Å². The molecule has 6 nitrogen and oxygen atoms in total. The number of benzene rings is 10. The summed E-state index contributed by atoms with van der Waals surface area (Å²) in [5.74, 6) is 1.34. The molecule has 0 atom stereocenters. The van der Waals surface area contributed by atoms with Crippen LogP contribution in [0.25, 0.3) is 106 Å². The number of para-hydroxylation sites is 6. The average Bonchev–Trinajstić information content (AvgIpc) is 1.80. The number of furan rings is 1. The van der Waals surface area contributed by atoms with Gasteiger partial charge in [0.15, 0.2) is 0 Å². The van der Waals surface area contributed by atoms with Crippen LogP contribution in [0.15, 0.2) is 223 Å². The Morgan fingerprint density at radius 2 is 1.19 bits per heavy atom. The molecule has 0 unspecified atom stereocenters.